The zero-order valence-corrected chi connectivity index (χ0v) is 15.1. The van der Waals surface area contributed by atoms with Crippen LogP contribution < -0.4 is 9.47 Å². The summed E-state index contributed by atoms with van der Waals surface area (Å²) in [5.41, 5.74) is 1.95. The molecule has 0 aromatic heterocycles. The van der Waals surface area contributed by atoms with E-state index in [1.165, 1.54) is 6.42 Å². The smallest absolute Gasteiger partial charge is 0.119 e. The summed E-state index contributed by atoms with van der Waals surface area (Å²) >= 11 is 0. The molecule has 2 nitrogen and oxygen atoms in total. The van der Waals surface area contributed by atoms with E-state index in [0.29, 0.717) is 6.61 Å². The van der Waals surface area contributed by atoms with Crippen molar-refractivity contribution >= 4 is 0 Å². The van der Waals surface area contributed by atoms with Crippen LogP contribution in [0, 0.1) is 11.8 Å². The van der Waals surface area contributed by atoms with Crippen molar-refractivity contribution in [1.82, 2.24) is 0 Å². The lowest BCUT2D eigenvalue weighted by Gasteiger charge is -2.03. The molecule has 2 heteroatoms. The van der Waals surface area contributed by atoms with Crippen molar-refractivity contribution in [3.8, 4) is 23.3 Å². The average molecular weight is 334 g/mol. The summed E-state index contributed by atoms with van der Waals surface area (Å²) in [5.74, 6) is 8.10. The standard InChI is InChI=1S/C23H26O2/c1-3-5-6-7-19-25-23-16-12-21(13-17-23)9-8-20-10-14-22(15-11-20)24-18-4-2/h6-7,10-17H,3-5,18-19H2,1-2H3. The predicted octanol–water partition coefficient (Wildman–Crippen LogP) is 5.61. The van der Waals surface area contributed by atoms with Crippen LogP contribution in [-0.4, -0.2) is 13.2 Å². The Morgan fingerprint density at radius 3 is 1.80 bits per heavy atom. The summed E-state index contributed by atoms with van der Waals surface area (Å²) in [7, 11) is 0. The van der Waals surface area contributed by atoms with Crippen LogP contribution in [0.3, 0.4) is 0 Å². The zero-order valence-electron chi connectivity index (χ0n) is 15.1. The zero-order chi connectivity index (χ0) is 17.7. The monoisotopic (exact) mass is 334 g/mol. The first-order valence-corrected chi connectivity index (χ1v) is 8.94. The van der Waals surface area contributed by atoms with Crippen LogP contribution in [0.2, 0.25) is 0 Å². The van der Waals surface area contributed by atoms with Gasteiger partial charge in [-0.1, -0.05) is 44.3 Å². The molecule has 0 aliphatic carbocycles. The number of hydrogen-bond acceptors (Lipinski definition) is 2. The van der Waals surface area contributed by atoms with E-state index in [0.717, 1.165) is 42.1 Å². The van der Waals surface area contributed by atoms with Gasteiger partial charge in [-0.3, -0.25) is 0 Å². The van der Waals surface area contributed by atoms with Crippen molar-refractivity contribution in [2.45, 2.75) is 33.1 Å². The van der Waals surface area contributed by atoms with E-state index in [9.17, 15) is 0 Å². The number of benzene rings is 2. The van der Waals surface area contributed by atoms with Crippen LogP contribution in [0.5, 0.6) is 11.5 Å². The van der Waals surface area contributed by atoms with Gasteiger partial charge in [0.25, 0.3) is 0 Å². The molecule has 0 N–H and O–H groups in total. The van der Waals surface area contributed by atoms with E-state index in [1.54, 1.807) is 0 Å². The number of unbranched alkanes of at least 4 members (excludes halogenated alkanes) is 1. The molecule has 2 rings (SSSR count). The number of ether oxygens (including phenoxy) is 2. The van der Waals surface area contributed by atoms with Gasteiger partial charge in [0, 0.05) is 11.1 Å². The predicted molar refractivity (Wildman–Crippen MR) is 104 cm³/mol. The quantitative estimate of drug-likeness (QED) is 0.461. The molecule has 0 heterocycles. The molecule has 0 saturated heterocycles. The van der Waals surface area contributed by atoms with Crippen LogP contribution in [0.1, 0.15) is 44.2 Å². The summed E-state index contributed by atoms with van der Waals surface area (Å²) in [6, 6.07) is 15.8. The normalized spacial score (nSPS) is 10.3. The molecule has 0 unspecified atom stereocenters. The fraction of sp³-hybridized carbons (Fsp3) is 0.304. The Hall–Kier alpha value is -2.66. The average Bonchev–Trinajstić information content (AvgIpc) is 2.66. The van der Waals surface area contributed by atoms with Crippen molar-refractivity contribution in [2.75, 3.05) is 13.2 Å². The third-order valence-electron chi connectivity index (χ3n) is 3.50. The SMILES string of the molecule is CCCC=CCOc1ccc(C#Cc2ccc(OCCC)cc2)cc1. The molecule has 0 radical (unpaired) electrons. The molecular formula is C23H26O2. The van der Waals surface area contributed by atoms with Crippen LogP contribution in [-0.2, 0) is 0 Å². The largest absolute Gasteiger partial charge is 0.494 e. The first-order valence-electron chi connectivity index (χ1n) is 8.94. The molecule has 0 atom stereocenters. The lowest BCUT2D eigenvalue weighted by atomic mass is 10.2. The fourth-order valence-corrected chi connectivity index (χ4v) is 2.13. The Kier molecular flexibility index (Phi) is 8.21. The van der Waals surface area contributed by atoms with Crippen LogP contribution in [0.4, 0.5) is 0 Å². The first-order chi connectivity index (χ1) is 12.3. The van der Waals surface area contributed by atoms with Gasteiger partial charge in [-0.15, -0.1) is 0 Å². The topological polar surface area (TPSA) is 18.5 Å². The summed E-state index contributed by atoms with van der Waals surface area (Å²) < 4.78 is 11.2. The van der Waals surface area contributed by atoms with E-state index in [1.807, 2.05) is 48.5 Å². The van der Waals surface area contributed by atoms with Gasteiger partial charge in [0.15, 0.2) is 0 Å². The minimum atomic E-state index is 0.609. The Labute approximate surface area is 151 Å². The number of allylic oxidation sites excluding steroid dienone is 1. The second-order valence-corrected chi connectivity index (χ2v) is 5.72. The highest BCUT2D eigenvalue weighted by Crippen LogP contribution is 2.13. The van der Waals surface area contributed by atoms with Gasteiger partial charge in [-0.2, -0.15) is 0 Å². The van der Waals surface area contributed by atoms with Crippen LogP contribution >= 0.6 is 0 Å². The Balaban J connectivity index is 1.87. The van der Waals surface area contributed by atoms with Crippen molar-refractivity contribution < 1.29 is 9.47 Å². The minimum Gasteiger partial charge on any atom is -0.494 e. The van der Waals surface area contributed by atoms with Gasteiger partial charge in [-0.25, -0.2) is 0 Å². The molecule has 0 fully saturated rings. The van der Waals surface area contributed by atoms with Gasteiger partial charge in [-0.05, 0) is 61.4 Å². The molecule has 0 spiro atoms. The molecular weight excluding hydrogens is 308 g/mol. The van der Waals surface area contributed by atoms with Crippen molar-refractivity contribution in [1.29, 1.82) is 0 Å². The van der Waals surface area contributed by atoms with Gasteiger partial charge < -0.3 is 9.47 Å². The van der Waals surface area contributed by atoms with Gasteiger partial charge in [0.2, 0.25) is 0 Å². The lowest BCUT2D eigenvalue weighted by molar-refractivity contribution is 0.317. The Bertz CT molecular complexity index is 700. The van der Waals surface area contributed by atoms with E-state index in [4.69, 9.17) is 9.47 Å². The Morgan fingerprint density at radius 2 is 1.28 bits per heavy atom. The molecule has 0 bridgehead atoms. The van der Waals surface area contributed by atoms with Crippen molar-refractivity contribution in [3.05, 3.63) is 71.8 Å². The molecule has 0 saturated carbocycles. The summed E-state index contributed by atoms with van der Waals surface area (Å²) in [4.78, 5) is 0. The molecule has 2 aromatic carbocycles. The molecule has 25 heavy (non-hydrogen) atoms. The van der Waals surface area contributed by atoms with E-state index in [-0.39, 0.29) is 0 Å². The molecule has 0 amide bonds. The van der Waals surface area contributed by atoms with E-state index in [2.05, 4.69) is 37.8 Å². The second-order valence-electron chi connectivity index (χ2n) is 5.72. The summed E-state index contributed by atoms with van der Waals surface area (Å²) in [5, 5.41) is 0. The summed E-state index contributed by atoms with van der Waals surface area (Å²) in [6.45, 7) is 5.62. The van der Waals surface area contributed by atoms with Crippen LogP contribution in [0.25, 0.3) is 0 Å². The second kappa shape index (κ2) is 11.0. The van der Waals surface area contributed by atoms with E-state index < -0.39 is 0 Å². The molecule has 2 aromatic rings. The third-order valence-corrected chi connectivity index (χ3v) is 3.50. The molecule has 130 valence electrons. The van der Waals surface area contributed by atoms with Gasteiger partial charge in [0.1, 0.15) is 18.1 Å². The highest BCUT2D eigenvalue weighted by atomic mass is 16.5. The number of hydrogen-bond donors (Lipinski definition) is 0. The lowest BCUT2D eigenvalue weighted by Crippen LogP contribution is -1.94. The maximum absolute atomic E-state index is 5.67. The molecule has 0 aliphatic heterocycles. The maximum atomic E-state index is 5.67. The molecule has 0 aliphatic rings. The first kappa shape index (κ1) is 18.7. The summed E-state index contributed by atoms with van der Waals surface area (Å²) in [6.07, 6.45) is 7.49. The number of rotatable bonds is 8. The highest BCUT2D eigenvalue weighted by molar-refractivity contribution is 5.45. The third kappa shape index (κ3) is 7.18. The Morgan fingerprint density at radius 1 is 0.720 bits per heavy atom. The minimum absolute atomic E-state index is 0.609. The van der Waals surface area contributed by atoms with Crippen LogP contribution in [0.15, 0.2) is 60.7 Å². The van der Waals surface area contributed by atoms with Gasteiger partial charge >= 0.3 is 0 Å². The van der Waals surface area contributed by atoms with Crippen molar-refractivity contribution in [3.63, 3.8) is 0 Å². The van der Waals surface area contributed by atoms with E-state index >= 15 is 0 Å². The van der Waals surface area contributed by atoms with Gasteiger partial charge in [0.05, 0.1) is 6.61 Å². The maximum Gasteiger partial charge on any atom is 0.119 e. The highest BCUT2D eigenvalue weighted by Gasteiger charge is 1.94. The van der Waals surface area contributed by atoms with Crippen molar-refractivity contribution in [2.24, 2.45) is 0 Å². The fourth-order valence-electron chi connectivity index (χ4n) is 2.13.